The van der Waals surface area contributed by atoms with Crippen molar-refractivity contribution in [3.8, 4) is 5.97 Å². The minimum Gasteiger partial charge on any atom is -0.369 e. The zero-order valence-electron chi connectivity index (χ0n) is 20.2. The number of carbonyl (C=O) groups excluding carboxylic acids is 4. The average molecular weight is 477 g/mol. The van der Waals surface area contributed by atoms with Crippen LogP contribution in [0.5, 0.6) is 0 Å². The second-order valence-corrected chi connectivity index (χ2v) is 9.92. The van der Waals surface area contributed by atoms with Gasteiger partial charge >= 0.3 is 0 Å². The first-order valence-electron chi connectivity index (χ1n) is 12.5. The molecule has 35 heavy (non-hydrogen) atoms. The maximum atomic E-state index is 13.3. The van der Waals surface area contributed by atoms with Crippen LogP contribution in [-0.4, -0.2) is 79.4 Å². The first kappa shape index (κ1) is 24.9. The molecule has 10 heteroatoms. The number of rotatable bonds is 6. The van der Waals surface area contributed by atoms with Crippen molar-refractivity contribution in [3.05, 3.63) is 29.3 Å². The number of hydrogen-bond acceptors (Lipinski definition) is 7. The molecule has 0 saturated carbocycles. The van der Waals surface area contributed by atoms with Crippen molar-refractivity contribution in [3.63, 3.8) is 0 Å². The Kier molecular flexibility index (Phi) is 7.86. The smallest absolute Gasteiger partial charge is 0.267 e. The molecular formula is C25H32BN5O4. The van der Waals surface area contributed by atoms with Gasteiger partial charge in [-0.15, -0.1) is 0 Å². The molecule has 0 spiro atoms. The molecular weight excluding hydrogens is 445 g/mol. The number of imide groups is 2. The normalized spacial score (nSPS) is 21.9. The third-order valence-electron chi connectivity index (χ3n) is 7.63. The number of carbonyl (C=O) groups is 4. The van der Waals surface area contributed by atoms with Crippen LogP contribution in [0.4, 0.5) is 5.69 Å². The zero-order chi connectivity index (χ0) is 24.9. The second kappa shape index (κ2) is 11.0. The van der Waals surface area contributed by atoms with E-state index in [1.165, 1.54) is 0 Å². The molecule has 3 saturated heterocycles. The summed E-state index contributed by atoms with van der Waals surface area (Å²) >= 11 is 0. The van der Waals surface area contributed by atoms with Gasteiger partial charge < -0.3 is 4.90 Å². The fourth-order valence-electron chi connectivity index (χ4n) is 5.41. The van der Waals surface area contributed by atoms with E-state index in [1.807, 2.05) is 19.1 Å². The molecule has 3 aliphatic heterocycles. The van der Waals surface area contributed by atoms with Gasteiger partial charge in [-0.2, -0.15) is 0 Å². The Labute approximate surface area is 206 Å². The van der Waals surface area contributed by atoms with E-state index in [4.69, 9.17) is 5.26 Å². The Morgan fingerprint density at radius 3 is 2.54 bits per heavy atom. The highest BCUT2D eigenvalue weighted by Crippen LogP contribution is 2.27. The number of anilines is 1. The molecule has 1 atom stereocenters. The lowest BCUT2D eigenvalue weighted by molar-refractivity contribution is -0.139. The first-order valence-corrected chi connectivity index (χ1v) is 12.5. The SMILES string of the molecule is Cc1ccc(N2CCN(CC3CCB(C#N)CC3)CC2)cc1C(=O)N(C=O)C1CCC(=O)NC1=O. The van der Waals surface area contributed by atoms with Crippen LogP contribution in [-0.2, 0) is 14.4 Å². The van der Waals surface area contributed by atoms with Crippen LogP contribution >= 0.6 is 0 Å². The molecule has 1 unspecified atom stereocenters. The molecule has 1 N–H and O–H groups in total. The number of nitrogens with one attached hydrogen (secondary N) is 1. The van der Waals surface area contributed by atoms with Gasteiger partial charge in [0.2, 0.25) is 18.2 Å². The molecule has 0 bridgehead atoms. The molecule has 3 aliphatic rings. The Balaban J connectivity index is 1.38. The molecule has 1 aromatic carbocycles. The van der Waals surface area contributed by atoms with Gasteiger partial charge in [-0.3, -0.25) is 34.3 Å². The monoisotopic (exact) mass is 477 g/mol. The summed E-state index contributed by atoms with van der Waals surface area (Å²) in [7, 11) is 0. The Hall–Kier alpha value is -3.19. The van der Waals surface area contributed by atoms with Gasteiger partial charge in [0, 0.05) is 56.4 Å². The average Bonchev–Trinajstić information content (AvgIpc) is 2.87. The molecule has 9 nitrogen and oxygen atoms in total. The quantitative estimate of drug-likeness (QED) is 0.375. The van der Waals surface area contributed by atoms with E-state index in [1.54, 1.807) is 6.07 Å². The van der Waals surface area contributed by atoms with Crippen LogP contribution in [0, 0.1) is 24.1 Å². The van der Waals surface area contributed by atoms with Gasteiger partial charge in [-0.25, -0.2) is 5.26 Å². The molecule has 3 fully saturated rings. The van der Waals surface area contributed by atoms with Gasteiger partial charge in [-0.05, 0) is 37.0 Å². The van der Waals surface area contributed by atoms with Crippen molar-refractivity contribution in [1.82, 2.24) is 15.1 Å². The Bertz CT molecular complexity index is 1030. The summed E-state index contributed by atoms with van der Waals surface area (Å²) in [6.07, 6.45) is 4.89. The first-order chi connectivity index (χ1) is 16.9. The van der Waals surface area contributed by atoms with E-state index in [0.29, 0.717) is 17.9 Å². The van der Waals surface area contributed by atoms with E-state index < -0.39 is 23.8 Å². The fraction of sp³-hybridized carbons (Fsp3) is 0.560. The van der Waals surface area contributed by atoms with E-state index in [9.17, 15) is 19.2 Å². The summed E-state index contributed by atoms with van der Waals surface area (Å²) < 4.78 is 0. The van der Waals surface area contributed by atoms with Crippen molar-refractivity contribution in [2.45, 2.75) is 51.3 Å². The molecule has 0 aromatic heterocycles. The molecule has 0 aliphatic carbocycles. The van der Waals surface area contributed by atoms with Crippen molar-refractivity contribution >= 4 is 36.5 Å². The van der Waals surface area contributed by atoms with E-state index >= 15 is 0 Å². The van der Waals surface area contributed by atoms with Gasteiger partial charge in [0.05, 0.1) is 0 Å². The molecule has 3 heterocycles. The summed E-state index contributed by atoms with van der Waals surface area (Å²) in [4.78, 5) is 54.4. The van der Waals surface area contributed by atoms with Crippen LogP contribution < -0.4 is 10.2 Å². The minimum atomic E-state index is -0.979. The third-order valence-corrected chi connectivity index (χ3v) is 7.63. The van der Waals surface area contributed by atoms with Crippen LogP contribution in [0.2, 0.25) is 12.6 Å². The summed E-state index contributed by atoms with van der Waals surface area (Å²) in [5.74, 6) is 1.53. The highest BCUT2D eigenvalue weighted by Gasteiger charge is 2.35. The number of nitriles is 1. The maximum Gasteiger partial charge on any atom is 0.267 e. The van der Waals surface area contributed by atoms with Gasteiger partial charge in [0.25, 0.3) is 12.6 Å². The number of nitrogens with zero attached hydrogens (tertiary/aromatic N) is 4. The van der Waals surface area contributed by atoms with Crippen molar-refractivity contribution in [2.24, 2.45) is 5.92 Å². The van der Waals surface area contributed by atoms with Crippen LogP contribution in [0.25, 0.3) is 0 Å². The Morgan fingerprint density at radius 1 is 1.20 bits per heavy atom. The number of benzene rings is 1. The molecule has 184 valence electrons. The predicted molar refractivity (Wildman–Crippen MR) is 132 cm³/mol. The summed E-state index contributed by atoms with van der Waals surface area (Å²) in [5.41, 5.74) is 2.03. The summed E-state index contributed by atoms with van der Waals surface area (Å²) in [5, 5.41) is 11.3. The molecule has 4 rings (SSSR count). The van der Waals surface area contributed by atoms with Crippen molar-refractivity contribution in [2.75, 3.05) is 37.6 Å². The number of piperazine rings is 1. The number of hydrogen-bond donors (Lipinski definition) is 1. The third kappa shape index (κ3) is 5.73. The number of aryl methyl sites for hydroxylation is 1. The maximum absolute atomic E-state index is 13.3. The predicted octanol–water partition coefficient (Wildman–Crippen LogP) is 1.49. The van der Waals surface area contributed by atoms with Crippen molar-refractivity contribution in [1.29, 1.82) is 5.26 Å². The zero-order valence-corrected chi connectivity index (χ0v) is 20.2. The highest BCUT2D eigenvalue weighted by atomic mass is 16.2. The largest absolute Gasteiger partial charge is 0.369 e. The fourth-order valence-corrected chi connectivity index (χ4v) is 5.41. The highest BCUT2D eigenvalue weighted by molar-refractivity contribution is 6.67. The molecule has 1 aromatic rings. The van der Waals surface area contributed by atoms with Gasteiger partial charge in [0.1, 0.15) is 6.04 Å². The molecule has 0 radical (unpaired) electrons. The standard InChI is InChI=1S/C25H32BN5O4/c1-18-2-3-20(14-21(18)25(35)31(17-32)22-4-5-23(33)28-24(22)34)30-12-10-29(11-13-30)15-19-6-8-26(16-27)9-7-19/h2-3,14,17,19,22H,4-13,15H2,1H3,(H,28,33,34). The Morgan fingerprint density at radius 2 is 1.91 bits per heavy atom. The van der Waals surface area contributed by atoms with Crippen molar-refractivity contribution < 1.29 is 19.2 Å². The van der Waals surface area contributed by atoms with Crippen LogP contribution in [0.1, 0.15) is 41.6 Å². The summed E-state index contributed by atoms with van der Waals surface area (Å²) in [6, 6.07) is 4.68. The lowest BCUT2D eigenvalue weighted by atomic mass is 9.42. The van der Waals surface area contributed by atoms with Gasteiger partial charge in [-0.1, -0.05) is 31.5 Å². The van der Waals surface area contributed by atoms with E-state index in [2.05, 4.69) is 21.1 Å². The van der Waals surface area contributed by atoms with Crippen LogP contribution in [0.3, 0.4) is 0 Å². The van der Waals surface area contributed by atoms with E-state index in [0.717, 1.165) is 74.4 Å². The van der Waals surface area contributed by atoms with E-state index in [-0.39, 0.29) is 19.6 Å². The van der Waals surface area contributed by atoms with Gasteiger partial charge in [0.15, 0.2) is 0 Å². The number of piperidine rings is 1. The summed E-state index contributed by atoms with van der Waals surface area (Å²) in [6.45, 7) is 6.67. The minimum absolute atomic E-state index is 0.0943. The number of amides is 4. The lowest BCUT2D eigenvalue weighted by Gasteiger charge is -2.38. The molecule has 4 amide bonds. The second-order valence-electron chi connectivity index (χ2n) is 9.92. The lowest BCUT2D eigenvalue weighted by Crippen LogP contribution is -2.54. The topological polar surface area (TPSA) is 114 Å². The van der Waals surface area contributed by atoms with Crippen LogP contribution in [0.15, 0.2) is 18.2 Å².